The van der Waals surface area contributed by atoms with Gasteiger partial charge in [0.25, 0.3) is 0 Å². The topological polar surface area (TPSA) is 84.1 Å². The van der Waals surface area contributed by atoms with Crippen molar-refractivity contribution in [2.75, 3.05) is 24.6 Å². The van der Waals surface area contributed by atoms with Crippen molar-refractivity contribution in [3.05, 3.63) is 12.1 Å². The number of carbonyl (C=O) groups is 1. The number of likely N-dealkylation sites (N-methyl/N-ethyl adjacent to an activating group) is 1. The minimum absolute atomic E-state index is 0.0149. The number of aromatic nitrogens is 2. The molecule has 0 radical (unpaired) electrons. The summed E-state index contributed by atoms with van der Waals surface area (Å²) in [7, 11) is 1.76. The van der Waals surface area contributed by atoms with Gasteiger partial charge in [0.2, 0.25) is 5.91 Å². The second-order valence-electron chi connectivity index (χ2n) is 3.56. The standard InChI is InChI=1S/C10H17N5O/c1-4-15(3)10(16)7(2)12-9-6-5-8(11)13-14-9/h5-7H,4H2,1-3H3,(H2,11,13)(H,12,14). The zero-order valence-corrected chi connectivity index (χ0v) is 9.77. The fourth-order valence-electron chi connectivity index (χ4n) is 1.19. The normalized spacial score (nSPS) is 11.9. The Labute approximate surface area is 94.8 Å². The molecule has 1 rings (SSSR count). The molecule has 0 aliphatic carbocycles. The van der Waals surface area contributed by atoms with Crippen LogP contribution in [0.1, 0.15) is 13.8 Å². The van der Waals surface area contributed by atoms with Gasteiger partial charge < -0.3 is 16.0 Å². The Morgan fingerprint density at radius 1 is 1.56 bits per heavy atom. The van der Waals surface area contributed by atoms with Crippen LogP contribution in [0.15, 0.2) is 12.1 Å². The lowest BCUT2D eigenvalue weighted by Gasteiger charge is -2.20. The summed E-state index contributed by atoms with van der Waals surface area (Å²) in [4.78, 5) is 13.4. The summed E-state index contributed by atoms with van der Waals surface area (Å²) in [5.74, 6) is 0.913. The van der Waals surface area contributed by atoms with Crippen LogP contribution in [0.3, 0.4) is 0 Å². The van der Waals surface area contributed by atoms with E-state index >= 15 is 0 Å². The molecule has 0 aromatic carbocycles. The number of carbonyl (C=O) groups excluding carboxylic acids is 1. The lowest BCUT2D eigenvalue weighted by atomic mass is 10.3. The highest BCUT2D eigenvalue weighted by atomic mass is 16.2. The van der Waals surface area contributed by atoms with Crippen molar-refractivity contribution in [1.29, 1.82) is 0 Å². The van der Waals surface area contributed by atoms with E-state index in [1.54, 1.807) is 31.0 Å². The molecule has 0 spiro atoms. The van der Waals surface area contributed by atoms with Gasteiger partial charge in [-0.15, -0.1) is 10.2 Å². The van der Waals surface area contributed by atoms with Gasteiger partial charge in [0, 0.05) is 13.6 Å². The summed E-state index contributed by atoms with van der Waals surface area (Å²) in [6, 6.07) is 3.00. The van der Waals surface area contributed by atoms with Crippen LogP contribution in [0.5, 0.6) is 0 Å². The third kappa shape index (κ3) is 3.08. The molecule has 1 aromatic rings. The lowest BCUT2D eigenvalue weighted by molar-refractivity contribution is -0.130. The highest BCUT2D eigenvalue weighted by Gasteiger charge is 2.16. The summed E-state index contributed by atoms with van der Waals surface area (Å²) in [6.45, 7) is 4.39. The molecule has 1 unspecified atom stereocenters. The Morgan fingerprint density at radius 3 is 2.75 bits per heavy atom. The first-order chi connectivity index (χ1) is 7.54. The number of hydrogen-bond donors (Lipinski definition) is 2. The van der Waals surface area contributed by atoms with Crippen LogP contribution in [-0.2, 0) is 4.79 Å². The van der Waals surface area contributed by atoms with E-state index in [1.165, 1.54) is 0 Å². The Balaban J connectivity index is 2.60. The van der Waals surface area contributed by atoms with Gasteiger partial charge in [-0.2, -0.15) is 0 Å². The monoisotopic (exact) mass is 223 g/mol. The number of nitrogens with two attached hydrogens (primary N) is 1. The first kappa shape index (κ1) is 12.2. The molecule has 1 atom stereocenters. The predicted octanol–water partition coefficient (Wildman–Crippen LogP) is 0.337. The van der Waals surface area contributed by atoms with Gasteiger partial charge in [0.05, 0.1) is 0 Å². The third-order valence-electron chi connectivity index (χ3n) is 2.27. The smallest absolute Gasteiger partial charge is 0.244 e. The number of nitrogen functional groups attached to an aromatic ring is 1. The molecule has 6 nitrogen and oxygen atoms in total. The SMILES string of the molecule is CCN(C)C(=O)C(C)Nc1ccc(N)nn1. The minimum Gasteiger partial charge on any atom is -0.382 e. The maximum atomic E-state index is 11.7. The zero-order chi connectivity index (χ0) is 12.1. The van der Waals surface area contributed by atoms with Crippen LogP contribution in [0.25, 0.3) is 0 Å². The van der Waals surface area contributed by atoms with E-state index in [4.69, 9.17) is 5.73 Å². The molecular weight excluding hydrogens is 206 g/mol. The highest BCUT2D eigenvalue weighted by Crippen LogP contribution is 2.05. The van der Waals surface area contributed by atoms with Crippen LogP contribution in [-0.4, -0.2) is 40.6 Å². The number of amides is 1. The average Bonchev–Trinajstić information content (AvgIpc) is 2.30. The summed E-state index contributed by atoms with van der Waals surface area (Å²) >= 11 is 0. The largest absolute Gasteiger partial charge is 0.382 e. The Morgan fingerprint density at radius 2 is 2.25 bits per heavy atom. The molecule has 16 heavy (non-hydrogen) atoms. The van der Waals surface area contributed by atoms with Crippen molar-refractivity contribution < 1.29 is 4.79 Å². The molecule has 0 saturated heterocycles. The summed E-state index contributed by atoms with van der Waals surface area (Å²) in [5.41, 5.74) is 5.41. The van der Waals surface area contributed by atoms with Gasteiger partial charge in [0.1, 0.15) is 17.7 Å². The van der Waals surface area contributed by atoms with Crippen molar-refractivity contribution in [2.24, 2.45) is 0 Å². The van der Waals surface area contributed by atoms with Crippen LogP contribution < -0.4 is 11.1 Å². The molecule has 0 saturated carbocycles. The van der Waals surface area contributed by atoms with Crippen LogP contribution >= 0.6 is 0 Å². The second kappa shape index (κ2) is 5.29. The molecule has 88 valence electrons. The quantitative estimate of drug-likeness (QED) is 0.768. The van der Waals surface area contributed by atoms with E-state index in [-0.39, 0.29) is 11.9 Å². The van der Waals surface area contributed by atoms with Crippen LogP contribution in [0.2, 0.25) is 0 Å². The van der Waals surface area contributed by atoms with Gasteiger partial charge in [-0.05, 0) is 26.0 Å². The average molecular weight is 223 g/mol. The number of hydrogen-bond acceptors (Lipinski definition) is 5. The Bertz CT molecular complexity index is 351. The third-order valence-corrected chi connectivity index (χ3v) is 2.27. The molecule has 0 aliphatic rings. The van der Waals surface area contributed by atoms with E-state index in [0.717, 1.165) is 0 Å². The molecule has 6 heteroatoms. The van der Waals surface area contributed by atoms with E-state index < -0.39 is 0 Å². The fourth-order valence-corrected chi connectivity index (χ4v) is 1.19. The van der Waals surface area contributed by atoms with Crippen molar-refractivity contribution in [3.8, 4) is 0 Å². The van der Waals surface area contributed by atoms with Gasteiger partial charge >= 0.3 is 0 Å². The summed E-state index contributed by atoms with van der Waals surface area (Å²) < 4.78 is 0. The van der Waals surface area contributed by atoms with Gasteiger partial charge in [-0.25, -0.2) is 0 Å². The number of nitrogens with zero attached hydrogens (tertiary/aromatic N) is 3. The Kier molecular flexibility index (Phi) is 4.04. The predicted molar refractivity (Wildman–Crippen MR) is 62.8 cm³/mol. The van der Waals surface area contributed by atoms with Crippen LogP contribution in [0.4, 0.5) is 11.6 Å². The van der Waals surface area contributed by atoms with E-state index in [2.05, 4.69) is 15.5 Å². The highest BCUT2D eigenvalue weighted by molar-refractivity contribution is 5.83. The van der Waals surface area contributed by atoms with Gasteiger partial charge in [-0.1, -0.05) is 0 Å². The fraction of sp³-hybridized carbons (Fsp3) is 0.500. The second-order valence-corrected chi connectivity index (χ2v) is 3.56. The molecule has 0 aliphatic heterocycles. The minimum atomic E-state index is -0.331. The van der Waals surface area contributed by atoms with E-state index in [9.17, 15) is 4.79 Å². The number of nitrogens with one attached hydrogen (secondary N) is 1. The molecule has 1 amide bonds. The number of rotatable bonds is 4. The van der Waals surface area contributed by atoms with Crippen LogP contribution in [0, 0.1) is 0 Å². The first-order valence-corrected chi connectivity index (χ1v) is 5.15. The molecule has 1 heterocycles. The van der Waals surface area contributed by atoms with Crippen molar-refractivity contribution in [2.45, 2.75) is 19.9 Å². The molecular formula is C10H17N5O. The van der Waals surface area contributed by atoms with Crippen molar-refractivity contribution in [1.82, 2.24) is 15.1 Å². The summed E-state index contributed by atoms with van der Waals surface area (Å²) in [5, 5.41) is 10.5. The lowest BCUT2D eigenvalue weighted by Crippen LogP contribution is -2.39. The van der Waals surface area contributed by atoms with E-state index in [1.807, 2.05) is 6.92 Å². The maximum absolute atomic E-state index is 11.7. The van der Waals surface area contributed by atoms with Crippen molar-refractivity contribution in [3.63, 3.8) is 0 Å². The number of anilines is 2. The van der Waals surface area contributed by atoms with Gasteiger partial charge in [0.15, 0.2) is 0 Å². The molecule has 3 N–H and O–H groups in total. The van der Waals surface area contributed by atoms with E-state index in [0.29, 0.717) is 18.2 Å². The van der Waals surface area contributed by atoms with Crippen molar-refractivity contribution >= 4 is 17.5 Å². The maximum Gasteiger partial charge on any atom is 0.244 e. The van der Waals surface area contributed by atoms with Gasteiger partial charge in [-0.3, -0.25) is 4.79 Å². The zero-order valence-electron chi connectivity index (χ0n) is 9.77. The molecule has 1 aromatic heterocycles. The molecule has 0 bridgehead atoms. The Hall–Kier alpha value is -1.85. The molecule has 0 fully saturated rings. The summed E-state index contributed by atoms with van der Waals surface area (Å²) in [6.07, 6.45) is 0. The first-order valence-electron chi connectivity index (χ1n) is 5.15.